The number of hydrogen-bond donors (Lipinski definition) is 2. The minimum atomic E-state index is -0.395. The highest BCUT2D eigenvalue weighted by Gasteiger charge is 2.32. The first-order valence-electron chi connectivity index (χ1n) is 10.7. The van der Waals surface area contributed by atoms with Gasteiger partial charge in [0.1, 0.15) is 0 Å². The minimum Gasteiger partial charge on any atom is -0.493 e. The monoisotopic (exact) mass is 443 g/mol. The summed E-state index contributed by atoms with van der Waals surface area (Å²) in [5.41, 5.74) is 2.29. The number of carbonyl (C=O) groups excluding carboxylic acids is 2. The predicted octanol–water partition coefficient (Wildman–Crippen LogP) is 3.48. The predicted molar refractivity (Wildman–Crippen MR) is 120 cm³/mol. The van der Waals surface area contributed by atoms with Crippen LogP contribution < -0.4 is 20.1 Å². The fourth-order valence-corrected chi connectivity index (χ4v) is 5.47. The number of rotatable bonds is 6. The largest absolute Gasteiger partial charge is 0.493 e. The van der Waals surface area contributed by atoms with Crippen molar-refractivity contribution in [1.29, 1.82) is 0 Å². The molecule has 1 saturated carbocycles. The summed E-state index contributed by atoms with van der Waals surface area (Å²) in [6.07, 6.45) is 5.01. The van der Waals surface area contributed by atoms with Crippen LogP contribution >= 0.6 is 11.3 Å². The zero-order chi connectivity index (χ0) is 21.8. The standard InChI is InChI=1S/C23H29N3O4S/c1-29-18-12-15-9-10-26(14-21(27)25-23(28)24-16-6-3-4-7-16)22(20-8-5-11-31-20)17(15)13-19(18)30-2/h5,8,11-13,16,22H,3-4,6-7,9-10,14H2,1-2H3,(H2,24,25,27,28)/t22-/m1/s1. The Morgan fingerprint density at radius 2 is 1.90 bits per heavy atom. The van der Waals surface area contributed by atoms with Crippen LogP contribution in [-0.2, 0) is 11.2 Å². The lowest BCUT2D eigenvalue weighted by Crippen LogP contribution is -2.48. The number of urea groups is 1. The SMILES string of the molecule is COc1cc2c(cc1OC)[C@H](c1cccs1)N(CC(=O)NC(=O)NC1CCCC1)CC2. The zero-order valence-corrected chi connectivity index (χ0v) is 18.8. The highest BCUT2D eigenvalue weighted by atomic mass is 32.1. The van der Waals surface area contributed by atoms with Gasteiger partial charge in [0.05, 0.1) is 26.8 Å². The van der Waals surface area contributed by atoms with Gasteiger partial charge in [-0.1, -0.05) is 18.9 Å². The Bertz CT molecular complexity index is 925. The first kappa shape index (κ1) is 21.6. The number of hydrogen-bond acceptors (Lipinski definition) is 6. The summed E-state index contributed by atoms with van der Waals surface area (Å²) >= 11 is 1.66. The Balaban J connectivity index is 1.52. The van der Waals surface area contributed by atoms with Crippen molar-refractivity contribution in [1.82, 2.24) is 15.5 Å². The van der Waals surface area contributed by atoms with Gasteiger partial charge in [0.25, 0.3) is 0 Å². The van der Waals surface area contributed by atoms with Crippen molar-refractivity contribution < 1.29 is 19.1 Å². The normalized spacial score (nSPS) is 19.0. The highest BCUT2D eigenvalue weighted by molar-refractivity contribution is 7.10. The second-order valence-corrected chi connectivity index (χ2v) is 9.03. The van der Waals surface area contributed by atoms with Crippen molar-refractivity contribution >= 4 is 23.3 Å². The van der Waals surface area contributed by atoms with E-state index >= 15 is 0 Å². The summed E-state index contributed by atoms with van der Waals surface area (Å²) in [6, 6.07) is 7.84. The van der Waals surface area contributed by atoms with Crippen LogP contribution in [0, 0.1) is 0 Å². The third kappa shape index (κ3) is 4.85. The molecule has 1 aliphatic heterocycles. The Labute approximate surface area is 186 Å². The van der Waals surface area contributed by atoms with Crippen LogP contribution in [0.25, 0.3) is 0 Å². The molecule has 0 radical (unpaired) electrons. The second kappa shape index (κ2) is 9.70. The fourth-order valence-electron chi connectivity index (χ4n) is 4.59. The Kier molecular flexibility index (Phi) is 6.77. The quantitative estimate of drug-likeness (QED) is 0.715. The molecule has 2 aliphatic rings. The molecule has 2 heterocycles. The molecule has 0 spiro atoms. The van der Waals surface area contributed by atoms with Gasteiger partial charge in [0.2, 0.25) is 5.91 Å². The summed E-state index contributed by atoms with van der Waals surface area (Å²) in [4.78, 5) is 28.2. The lowest BCUT2D eigenvalue weighted by Gasteiger charge is -2.36. The van der Waals surface area contributed by atoms with Crippen molar-refractivity contribution in [2.24, 2.45) is 0 Å². The van der Waals surface area contributed by atoms with Crippen LogP contribution in [0.5, 0.6) is 11.5 Å². The molecule has 8 heteroatoms. The van der Waals surface area contributed by atoms with E-state index in [2.05, 4.69) is 21.6 Å². The maximum atomic E-state index is 12.7. The summed E-state index contributed by atoms with van der Waals surface area (Å²) in [5, 5.41) is 7.46. The molecule has 0 bridgehead atoms. The maximum absolute atomic E-state index is 12.7. The molecule has 4 rings (SSSR count). The molecular formula is C23H29N3O4S. The van der Waals surface area contributed by atoms with Gasteiger partial charge in [-0.2, -0.15) is 0 Å². The van der Waals surface area contributed by atoms with E-state index in [0.29, 0.717) is 18.0 Å². The number of nitrogens with zero attached hydrogens (tertiary/aromatic N) is 1. The molecular weight excluding hydrogens is 414 g/mol. The number of fused-ring (bicyclic) bond motifs is 1. The summed E-state index contributed by atoms with van der Waals surface area (Å²) in [6.45, 7) is 0.858. The zero-order valence-electron chi connectivity index (χ0n) is 18.0. The Hall–Kier alpha value is -2.58. The molecule has 1 aliphatic carbocycles. The molecule has 2 N–H and O–H groups in total. The van der Waals surface area contributed by atoms with Crippen LogP contribution in [0.4, 0.5) is 4.79 Å². The average molecular weight is 444 g/mol. The smallest absolute Gasteiger partial charge is 0.321 e. The van der Waals surface area contributed by atoms with Gasteiger partial charge >= 0.3 is 6.03 Å². The molecule has 1 aromatic carbocycles. The molecule has 7 nitrogen and oxygen atoms in total. The highest BCUT2D eigenvalue weighted by Crippen LogP contribution is 2.42. The molecule has 1 atom stereocenters. The number of carbonyl (C=O) groups is 2. The van der Waals surface area contributed by atoms with Gasteiger partial charge in [0, 0.05) is 17.5 Å². The van der Waals surface area contributed by atoms with E-state index in [1.54, 1.807) is 25.6 Å². The average Bonchev–Trinajstić information content (AvgIpc) is 3.46. The number of imide groups is 1. The number of methoxy groups -OCH3 is 2. The van der Waals surface area contributed by atoms with E-state index in [1.165, 1.54) is 5.56 Å². The van der Waals surface area contributed by atoms with Crippen LogP contribution in [0.15, 0.2) is 29.6 Å². The summed E-state index contributed by atoms with van der Waals surface area (Å²) in [7, 11) is 3.26. The van der Waals surface area contributed by atoms with Crippen molar-refractivity contribution in [2.45, 2.75) is 44.2 Å². The van der Waals surface area contributed by atoms with Gasteiger partial charge in [-0.05, 0) is 54.0 Å². The van der Waals surface area contributed by atoms with Crippen LogP contribution in [-0.4, -0.2) is 50.2 Å². The number of benzene rings is 1. The molecule has 31 heavy (non-hydrogen) atoms. The third-order valence-electron chi connectivity index (χ3n) is 6.08. The molecule has 3 amide bonds. The fraction of sp³-hybridized carbons (Fsp3) is 0.478. The van der Waals surface area contributed by atoms with Gasteiger partial charge in [-0.15, -0.1) is 11.3 Å². The van der Waals surface area contributed by atoms with Gasteiger partial charge in [-0.25, -0.2) is 4.79 Å². The number of amides is 3. The van der Waals surface area contributed by atoms with Crippen molar-refractivity contribution in [3.05, 3.63) is 45.6 Å². The first-order chi connectivity index (χ1) is 15.1. The van der Waals surface area contributed by atoms with Crippen LogP contribution in [0.2, 0.25) is 0 Å². The number of thiophene rings is 1. The van der Waals surface area contributed by atoms with Crippen LogP contribution in [0.3, 0.4) is 0 Å². The first-order valence-corrected chi connectivity index (χ1v) is 11.6. The molecule has 1 aromatic heterocycles. The lowest BCUT2D eigenvalue weighted by atomic mass is 9.91. The van der Waals surface area contributed by atoms with E-state index in [9.17, 15) is 9.59 Å². The van der Waals surface area contributed by atoms with Gasteiger partial charge in [0.15, 0.2) is 11.5 Å². The van der Waals surface area contributed by atoms with E-state index < -0.39 is 6.03 Å². The number of ether oxygens (including phenoxy) is 2. The van der Waals surface area contributed by atoms with Crippen LogP contribution in [0.1, 0.15) is 47.7 Å². The van der Waals surface area contributed by atoms with Gasteiger partial charge < -0.3 is 14.8 Å². The maximum Gasteiger partial charge on any atom is 0.321 e. The Morgan fingerprint density at radius 1 is 1.16 bits per heavy atom. The third-order valence-corrected chi connectivity index (χ3v) is 7.00. The molecule has 2 aromatic rings. The van der Waals surface area contributed by atoms with E-state index in [-0.39, 0.29) is 24.5 Å². The van der Waals surface area contributed by atoms with Crippen molar-refractivity contribution in [3.63, 3.8) is 0 Å². The Morgan fingerprint density at radius 3 is 2.58 bits per heavy atom. The summed E-state index contributed by atoms with van der Waals surface area (Å²) < 4.78 is 11.0. The second-order valence-electron chi connectivity index (χ2n) is 8.05. The van der Waals surface area contributed by atoms with E-state index in [4.69, 9.17) is 9.47 Å². The van der Waals surface area contributed by atoms with Crippen molar-refractivity contribution in [2.75, 3.05) is 27.3 Å². The summed E-state index contributed by atoms with van der Waals surface area (Å²) in [5.74, 6) is 1.09. The van der Waals surface area contributed by atoms with E-state index in [0.717, 1.165) is 42.5 Å². The van der Waals surface area contributed by atoms with Gasteiger partial charge in [-0.3, -0.25) is 15.0 Å². The topological polar surface area (TPSA) is 79.9 Å². The van der Waals surface area contributed by atoms with E-state index in [1.807, 2.05) is 23.6 Å². The molecule has 166 valence electrons. The molecule has 0 saturated heterocycles. The van der Waals surface area contributed by atoms with Crippen molar-refractivity contribution in [3.8, 4) is 11.5 Å². The number of nitrogens with one attached hydrogen (secondary N) is 2. The molecule has 1 fully saturated rings. The lowest BCUT2D eigenvalue weighted by molar-refractivity contribution is -0.121. The molecule has 0 unspecified atom stereocenters. The minimum absolute atomic E-state index is 0.0767.